The number of anilines is 2. The lowest BCUT2D eigenvalue weighted by atomic mass is 10.2. The molecule has 4 heteroatoms. The first-order valence-electron chi connectivity index (χ1n) is 4.28. The molecule has 0 spiro atoms. The van der Waals surface area contributed by atoms with Crippen LogP contribution in [0, 0.1) is 0 Å². The van der Waals surface area contributed by atoms with Crippen LogP contribution in [0.4, 0.5) is 11.4 Å². The van der Waals surface area contributed by atoms with Crippen molar-refractivity contribution in [2.24, 2.45) is 0 Å². The summed E-state index contributed by atoms with van der Waals surface area (Å²) in [6, 6.07) is 0. The fourth-order valence-corrected chi connectivity index (χ4v) is 1.04. The van der Waals surface area contributed by atoms with Gasteiger partial charge in [-0.15, -0.1) is 0 Å². The minimum Gasteiger partial charge on any atom is -0.383 e. The molecule has 0 bridgehead atoms. The van der Waals surface area contributed by atoms with Crippen LogP contribution in [-0.4, -0.2) is 21.1 Å². The monoisotopic (exact) mass is 184 g/mol. The standard InChI is InChI=1S/C7H10N2O2.C2H6/c1-8-4-5(9(2)3)7(11)6(4)10;1-2/h8H,1-3H3;1-2H3. The van der Waals surface area contributed by atoms with E-state index in [2.05, 4.69) is 5.32 Å². The molecule has 1 aromatic carbocycles. The number of hydrogen-bond donors (Lipinski definition) is 1. The Morgan fingerprint density at radius 2 is 1.54 bits per heavy atom. The third kappa shape index (κ3) is 1.88. The van der Waals surface area contributed by atoms with Gasteiger partial charge in [0, 0.05) is 21.1 Å². The molecule has 0 aliphatic carbocycles. The summed E-state index contributed by atoms with van der Waals surface area (Å²) >= 11 is 0. The van der Waals surface area contributed by atoms with Crippen LogP contribution in [0.1, 0.15) is 13.8 Å². The van der Waals surface area contributed by atoms with Crippen LogP contribution in [0.3, 0.4) is 0 Å². The normalized spacial score (nSPS) is 9.00. The molecule has 13 heavy (non-hydrogen) atoms. The zero-order chi connectivity index (χ0) is 10.6. The molecular weight excluding hydrogens is 168 g/mol. The number of rotatable bonds is 2. The Kier molecular flexibility index (Phi) is 4.17. The van der Waals surface area contributed by atoms with Gasteiger partial charge in [-0.1, -0.05) is 13.8 Å². The van der Waals surface area contributed by atoms with Gasteiger partial charge < -0.3 is 10.2 Å². The van der Waals surface area contributed by atoms with Gasteiger partial charge in [0.05, 0.1) is 0 Å². The molecule has 0 unspecified atom stereocenters. The quantitative estimate of drug-likeness (QED) is 0.677. The minimum atomic E-state index is -0.420. The van der Waals surface area contributed by atoms with Crippen LogP contribution in [0.5, 0.6) is 0 Å². The van der Waals surface area contributed by atoms with E-state index in [1.807, 2.05) is 13.8 Å². The van der Waals surface area contributed by atoms with Gasteiger partial charge in [0.2, 0.25) is 0 Å². The second kappa shape index (κ2) is 4.64. The van der Waals surface area contributed by atoms with Crippen molar-refractivity contribution in [2.75, 3.05) is 31.4 Å². The molecule has 0 aromatic heterocycles. The molecule has 4 nitrogen and oxygen atoms in total. The Balaban J connectivity index is 0.000000671. The van der Waals surface area contributed by atoms with Gasteiger partial charge in [-0.2, -0.15) is 0 Å². The predicted octanol–water partition coefficient (Wildman–Crippen LogP) is 0.417. The Labute approximate surface area is 77.9 Å². The van der Waals surface area contributed by atoms with Crippen molar-refractivity contribution < 1.29 is 0 Å². The second-order valence-corrected chi connectivity index (χ2v) is 2.53. The summed E-state index contributed by atoms with van der Waals surface area (Å²) in [5.41, 5.74) is 0.0630. The van der Waals surface area contributed by atoms with Gasteiger partial charge in [-0.05, 0) is 0 Å². The molecule has 1 rings (SSSR count). The highest BCUT2D eigenvalue weighted by molar-refractivity contribution is 5.74. The lowest BCUT2D eigenvalue weighted by Crippen LogP contribution is -2.39. The SMILES string of the molecule is CC.CNc1c(N(C)C)c(=O)c1=O. The van der Waals surface area contributed by atoms with E-state index in [0.717, 1.165) is 0 Å². The first-order chi connectivity index (χ1) is 6.09. The summed E-state index contributed by atoms with van der Waals surface area (Å²) in [7, 11) is 5.09. The third-order valence-corrected chi connectivity index (χ3v) is 1.58. The van der Waals surface area contributed by atoms with Gasteiger partial charge in [0.25, 0.3) is 10.9 Å². The van der Waals surface area contributed by atoms with Crippen LogP contribution >= 0.6 is 0 Å². The molecule has 0 aliphatic heterocycles. The van der Waals surface area contributed by atoms with Crippen LogP contribution in [0.25, 0.3) is 0 Å². The van der Waals surface area contributed by atoms with Crippen molar-refractivity contribution in [3.05, 3.63) is 20.4 Å². The molecule has 1 aromatic rings. The highest BCUT2D eigenvalue weighted by Gasteiger charge is 2.20. The highest BCUT2D eigenvalue weighted by atomic mass is 16.2. The maximum absolute atomic E-state index is 10.9. The average Bonchev–Trinajstić information content (AvgIpc) is 2.14. The van der Waals surface area contributed by atoms with Gasteiger partial charge in [0.15, 0.2) is 0 Å². The fourth-order valence-electron chi connectivity index (χ4n) is 1.04. The second-order valence-electron chi connectivity index (χ2n) is 2.53. The average molecular weight is 184 g/mol. The van der Waals surface area contributed by atoms with E-state index in [4.69, 9.17) is 0 Å². The van der Waals surface area contributed by atoms with E-state index in [-0.39, 0.29) is 0 Å². The lowest BCUT2D eigenvalue weighted by Gasteiger charge is -2.17. The molecule has 0 heterocycles. The maximum atomic E-state index is 10.9. The molecule has 0 atom stereocenters. The first-order valence-corrected chi connectivity index (χ1v) is 4.28. The van der Waals surface area contributed by atoms with E-state index < -0.39 is 10.9 Å². The van der Waals surface area contributed by atoms with E-state index in [0.29, 0.717) is 11.4 Å². The van der Waals surface area contributed by atoms with Crippen molar-refractivity contribution in [2.45, 2.75) is 13.8 Å². The molecule has 0 aliphatic rings. The van der Waals surface area contributed by atoms with Crippen LogP contribution < -0.4 is 21.1 Å². The Hall–Kier alpha value is -1.32. The predicted molar refractivity (Wildman–Crippen MR) is 56.6 cm³/mol. The fraction of sp³-hybridized carbons (Fsp3) is 0.556. The third-order valence-electron chi connectivity index (χ3n) is 1.58. The molecular formula is C9H16N2O2. The van der Waals surface area contributed by atoms with Crippen LogP contribution in [0.15, 0.2) is 9.59 Å². The Bertz CT molecular complexity index is 335. The van der Waals surface area contributed by atoms with Gasteiger partial charge in [0.1, 0.15) is 11.4 Å². The first kappa shape index (κ1) is 11.7. The molecule has 1 N–H and O–H groups in total. The number of nitrogens with one attached hydrogen (secondary N) is 1. The number of nitrogens with zero attached hydrogens (tertiary/aromatic N) is 1. The smallest absolute Gasteiger partial charge is 0.253 e. The van der Waals surface area contributed by atoms with Crippen molar-refractivity contribution in [3.8, 4) is 0 Å². The zero-order valence-electron chi connectivity index (χ0n) is 8.76. The highest BCUT2D eigenvalue weighted by Crippen LogP contribution is 2.15. The van der Waals surface area contributed by atoms with E-state index in [1.54, 1.807) is 26.0 Å². The summed E-state index contributed by atoms with van der Waals surface area (Å²) in [6.45, 7) is 4.00. The van der Waals surface area contributed by atoms with Gasteiger partial charge in [-0.25, -0.2) is 0 Å². The van der Waals surface area contributed by atoms with Crippen molar-refractivity contribution in [3.63, 3.8) is 0 Å². The molecule has 0 amide bonds. The summed E-state index contributed by atoms with van der Waals surface area (Å²) in [5.74, 6) is 0. The molecule has 0 fully saturated rings. The topological polar surface area (TPSA) is 49.4 Å². The maximum Gasteiger partial charge on any atom is 0.253 e. The van der Waals surface area contributed by atoms with Crippen molar-refractivity contribution >= 4 is 11.4 Å². The van der Waals surface area contributed by atoms with Gasteiger partial charge >= 0.3 is 0 Å². The molecule has 0 saturated heterocycles. The van der Waals surface area contributed by atoms with Crippen molar-refractivity contribution in [1.29, 1.82) is 0 Å². The van der Waals surface area contributed by atoms with Gasteiger partial charge in [-0.3, -0.25) is 9.59 Å². The zero-order valence-corrected chi connectivity index (χ0v) is 8.76. The Morgan fingerprint density at radius 3 is 1.77 bits per heavy atom. The molecule has 0 saturated carbocycles. The lowest BCUT2D eigenvalue weighted by molar-refractivity contribution is 1.09. The number of hydrogen-bond acceptors (Lipinski definition) is 4. The van der Waals surface area contributed by atoms with E-state index in [9.17, 15) is 9.59 Å². The van der Waals surface area contributed by atoms with E-state index in [1.165, 1.54) is 0 Å². The summed E-state index contributed by atoms with van der Waals surface area (Å²) in [6.07, 6.45) is 0. The van der Waals surface area contributed by atoms with E-state index >= 15 is 0 Å². The largest absolute Gasteiger partial charge is 0.383 e. The van der Waals surface area contributed by atoms with Crippen LogP contribution in [0.2, 0.25) is 0 Å². The summed E-state index contributed by atoms with van der Waals surface area (Å²) in [4.78, 5) is 23.3. The summed E-state index contributed by atoms with van der Waals surface area (Å²) < 4.78 is 0. The van der Waals surface area contributed by atoms with Crippen molar-refractivity contribution in [1.82, 2.24) is 0 Å². The van der Waals surface area contributed by atoms with Crippen LogP contribution in [-0.2, 0) is 0 Å². The summed E-state index contributed by atoms with van der Waals surface area (Å²) in [5, 5.41) is 2.68. The molecule has 0 radical (unpaired) electrons. The Morgan fingerprint density at radius 1 is 1.08 bits per heavy atom. The minimum absolute atomic E-state index is 0.403. The molecule has 74 valence electrons.